The zero-order valence-corrected chi connectivity index (χ0v) is 7.00. The van der Waals surface area contributed by atoms with Gasteiger partial charge in [-0.05, 0) is 0 Å². The van der Waals surface area contributed by atoms with Crippen LogP contribution >= 0.6 is 0 Å². The standard InChI is InChI=1S/Nb.O2Si.5O/c;1-3-2;;;;;. The van der Waals surface area contributed by atoms with Crippen molar-refractivity contribution in [2.24, 2.45) is 0 Å². The SMILES string of the molecule is O=[Si]=O.[O]=[Nb](=[O])(=[O])(=[O])=[O]. The second kappa shape index (κ2) is 2.92. The molecular formula is NbO7Si. The van der Waals surface area contributed by atoms with E-state index in [1.165, 1.54) is 0 Å². The van der Waals surface area contributed by atoms with E-state index in [1.54, 1.807) is 0 Å². The summed E-state index contributed by atoms with van der Waals surface area (Å²) in [6.45, 7) is 0. The zero-order chi connectivity index (χ0) is 8.15. The molecule has 9 heteroatoms. The molecule has 0 spiro atoms. The minimum atomic E-state index is -7.94. The van der Waals surface area contributed by atoms with Crippen molar-refractivity contribution in [2.75, 3.05) is 0 Å². The van der Waals surface area contributed by atoms with Gasteiger partial charge in [0.15, 0.2) is 0 Å². The third kappa shape index (κ3) is 1190. The molecule has 0 aliphatic rings. The Balaban J connectivity index is 0. The Morgan fingerprint density at radius 1 is 0.778 bits per heavy atom. The maximum absolute atomic E-state index is 8.66. The van der Waals surface area contributed by atoms with Gasteiger partial charge >= 0.3 is 41.2 Å². The third-order valence-corrected chi connectivity index (χ3v) is 0. The molecule has 51 valence electrons. The molecule has 0 aromatic carbocycles. The van der Waals surface area contributed by atoms with Gasteiger partial charge in [-0.25, -0.2) is 0 Å². The molecule has 0 aliphatic heterocycles. The van der Waals surface area contributed by atoms with Crippen molar-refractivity contribution in [3.63, 3.8) is 0 Å². The van der Waals surface area contributed by atoms with E-state index in [0.29, 0.717) is 0 Å². The summed E-state index contributed by atoms with van der Waals surface area (Å²) in [7, 11) is -1.42. The van der Waals surface area contributed by atoms with Crippen LogP contribution in [0.4, 0.5) is 0 Å². The molecular weight excluding hydrogens is 233 g/mol. The zero-order valence-electron chi connectivity index (χ0n) is 3.80. The summed E-state index contributed by atoms with van der Waals surface area (Å²) in [6.07, 6.45) is 0. The fraction of sp³-hybridized carbons (Fsp3) is 0. The monoisotopic (exact) mass is 233 g/mol. The first-order chi connectivity index (χ1) is 3.65. The van der Waals surface area contributed by atoms with Crippen molar-refractivity contribution in [1.29, 1.82) is 0 Å². The molecule has 0 radical (unpaired) electrons. The Labute approximate surface area is 50.6 Å². The quantitative estimate of drug-likeness (QED) is 0.481. The van der Waals surface area contributed by atoms with Gasteiger partial charge in [-0.3, -0.25) is 8.92 Å². The van der Waals surface area contributed by atoms with Gasteiger partial charge in [0.2, 0.25) is 0 Å². The van der Waals surface area contributed by atoms with Gasteiger partial charge in [-0.1, -0.05) is 0 Å². The Bertz CT molecular complexity index is 353. The Morgan fingerprint density at radius 3 is 0.778 bits per heavy atom. The van der Waals surface area contributed by atoms with Crippen molar-refractivity contribution in [2.45, 2.75) is 0 Å². The summed E-state index contributed by atoms with van der Waals surface area (Å²) >= 11 is -7.94. The van der Waals surface area contributed by atoms with Crippen LogP contribution in [0, 0.1) is 0 Å². The van der Waals surface area contributed by atoms with Crippen LogP contribution in [-0.4, -0.2) is 9.29 Å². The number of hydrogen-bond donors (Lipinski definition) is 0. The van der Waals surface area contributed by atoms with Crippen LogP contribution in [0.1, 0.15) is 0 Å². The fourth-order valence-electron chi connectivity index (χ4n) is 0. The van der Waals surface area contributed by atoms with E-state index >= 15 is 0 Å². The average Bonchev–Trinajstić information content (AvgIpc) is 1.23. The molecule has 0 aliphatic carbocycles. The Kier molecular flexibility index (Phi) is 3.68. The van der Waals surface area contributed by atoms with Gasteiger partial charge in [-0.2, -0.15) is 0 Å². The van der Waals surface area contributed by atoms with Crippen LogP contribution in [0.5, 0.6) is 0 Å². The van der Waals surface area contributed by atoms with E-state index in [0.717, 1.165) is 0 Å². The van der Waals surface area contributed by atoms with E-state index in [-0.39, 0.29) is 0 Å². The van der Waals surface area contributed by atoms with E-state index < -0.39 is 25.0 Å². The van der Waals surface area contributed by atoms with Crippen LogP contribution in [0.3, 0.4) is 0 Å². The molecule has 0 aromatic heterocycles. The van der Waals surface area contributed by atoms with Gasteiger partial charge in [0.1, 0.15) is 0 Å². The molecule has 0 N–H and O–H groups in total. The first kappa shape index (κ1) is 11.4. The van der Waals surface area contributed by atoms with Crippen molar-refractivity contribution < 1.29 is 40.9 Å². The van der Waals surface area contributed by atoms with Gasteiger partial charge in [-0.15, -0.1) is 0 Å². The molecule has 9 heavy (non-hydrogen) atoms. The van der Waals surface area contributed by atoms with Crippen LogP contribution in [0.25, 0.3) is 0 Å². The number of rotatable bonds is 0. The summed E-state index contributed by atoms with van der Waals surface area (Å²) in [4.78, 5) is 0. The van der Waals surface area contributed by atoms with E-state index in [4.69, 9.17) is 25.2 Å². The molecule has 0 bridgehead atoms. The predicted octanol–water partition coefficient (Wildman–Crippen LogP) is -1.21. The second-order valence-electron chi connectivity index (χ2n) is 0.829. The fourth-order valence-corrected chi connectivity index (χ4v) is 0. The van der Waals surface area contributed by atoms with Crippen LogP contribution in [-0.2, 0) is 40.9 Å². The number of hydrogen-bond acceptors (Lipinski definition) is 7. The molecule has 0 amide bonds. The van der Waals surface area contributed by atoms with Gasteiger partial charge in [0, 0.05) is 0 Å². The Morgan fingerprint density at radius 2 is 0.778 bits per heavy atom. The maximum atomic E-state index is 8.66. The summed E-state index contributed by atoms with van der Waals surface area (Å²) in [5.74, 6) is 0. The molecule has 0 rings (SSSR count). The molecule has 0 saturated heterocycles. The topological polar surface area (TPSA) is 119 Å². The summed E-state index contributed by atoms with van der Waals surface area (Å²) in [5.41, 5.74) is 0. The third-order valence-electron chi connectivity index (χ3n) is 0. The van der Waals surface area contributed by atoms with Crippen LogP contribution in [0.2, 0.25) is 0 Å². The first-order valence-corrected chi connectivity index (χ1v) is 6.63. The summed E-state index contributed by atoms with van der Waals surface area (Å²) < 4.78 is 60.1. The van der Waals surface area contributed by atoms with Crippen molar-refractivity contribution >= 4 is 9.29 Å². The van der Waals surface area contributed by atoms with Crippen LogP contribution in [0.15, 0.2) is 0 Å². The van der Waals surface area contributed by atoms with Gasteiger partial charge in [0.25, 0.3) is 0 Å². The van der Waals surface area contributed by atoms with E-state index in [9.17, 15) is 0 Å². The van der Waals surface area contributed by atoms with Crippen molar-refractivity contribution in [3.8, 4) is 0 Å². The Hall–Kier alpha value is -0.443. The molecule has 0 fully saturated rings. The van der Waals surface area contributed by atoms with E-state index in [1.807, 2.05) is 0 Å². The van der Waals surface area contributed by atoms with Crippen molar-refractivity contribution in [1.82, 2.24) is 0 Å². The second-order valence-corrected chi connectivity index (χ2v) is 4.66. The van der Waals surface area contributed by atoms with Gasteiger partial charge in [0.05, 0.1) is 0 Å². The molecule has 0 aromatic rings. The first-order valence-electron chi connectivity index (χ1n) is 1.32. The minimum absolute atomic E-state index is 1.42. The predicted molar refractivity (Wildman–Crippen MR) is 10.6 cm³/mol. The summed E-state index contributed by atoms with van der Waals surface area (Å²) in [6, 6.07) is 0. The molecule has 0 unspecified atom stereocenters. The summed E-state index contributed by atoms with van der Waals surface area (Å²) in [5, 5.41) is 0. The molecule has 0 heterocycles. The van der Waals surface area contributed by atoms with Gasteiger partial charge < -0.3 is 0 Å². The average molecular weight is 233 g/mol. The van der Waals surface area contributed by atoms with Crippen LogP contribution < -0.4 is 0 Å². The molecule has 0 atom stereocenters. The van der Waals surface area contributed by atoms with E-state index in [2.05, 4.69) is 0 Å². The van der Waals surface area contributed by atoms with Crippen molar-refractivity contribution in [3.05, 3.63) is 0 Å². The molecule has 7 nitrogen and oxygen atoms in total. The molecule has 0 saturated carbocycles. The normalized spacial score (nSPS) is 7.56.